The Morgan fingerprint density at radius 1 is 1.07 bits per heavy atom. The molecule has 0 aromatic heterocycles. The van der Waals surface area contributed by atoms with Crippen LogP contribution in [0.25, 0.3) is 0 Å². The first kappa shape index (κ1) is 19.6. The highest BCUT2D eigenvalue weighted by Crippen LogP contribution is 2.22. The summed E-state index contributed by atoms with van der Waals surface area (Å²) in [5.74, 6) is -0.386. The maximum atomic E-state index is 12.1. The first-order valence-corrected chi connectivity index (χ1v) is 9.97. The van der Waals surface area contributed by atoms with Gasteiger partial charge in [0.05, 0.1) is 11.5 Å². The van der Waals surface area contributed by atoms with Gasteiger partial charge < -0.3 is 9.47 Å². The molecule has 0 radical (unpaired) electrons. The van der Waals surface area contributed by atoms with Crippen molar-refractivity contribution >= 4 is 27.6 Å². The SMILES string of the molecule is CCOc1ccc(C(=O)COC(=O)CN=C2NS(=O)(=O)c3ccccc32)cc1. The van der Waals surface area contributed by atoms with Crippen LogP contribution in [0.5, 0.6) is 5.75 Å². The van der Waals surface area contributed by atoms with Gasteiger partial charge in [-0.05, 0) is 43.3 Å². The third-order valence-corrected chi connectivity index (χ3v) is 5.28. The summed E-state index contributed by atoms with van der Waals surface area (Å²) in [5, 5.41) is 0. The number of carbonyl (C=O) groups excluding carboxylic acids is 2. The first-order valence-electron chi connectivity index (χ1n) is 8.49. The number of fused-ring (bicyclic) bond motifs is 1. The number of benzene rings is 2. The molecule has 0 amide bonds. The predicted octanol–water partition coefficient (Wildman–Crippen LogP) is 1.55. The van der Waals surface area contributed by atoms with E-state index in [2.05, 4.69) is 9.71 Å². The molecule has 28 heavy (non-hydrogen) atoms. The van der Waals surface area contributed by atoms with Crippen molar-refractivity contribution in [2.45, 2.75) is 11.8 Å². The molecule has 2 aromatic carbocycles. The van der Waals surface area contributed by atoms with Gasteiger partial charge in [0.2, 0.25) is 0 Å². The van der Waals surface area contributed by atoms with Crippen molar-refractivity contribution in [2.75, 3.05) is 19.8 Å². The van der Waals surface area contributed by atoms with Crippen LogP contribution < -0.4 is 9.46 Å². The highest BCUT2D eigenvalue weighted by Gasteiger charge is 2.30. The van der Waals surface area contributed by atoms with Crippen LogP contribution in [-0.4, -0.2) is 45.8 Å². The van der Waals surface area contributed by atoms with Gasteiger partial charge in [0.1, 0.15) is 18.1 Å². The fourth-order valence-corrected chi connectivity index (χ4v) is 3.82. The molecule has 0 saturated carbocycles. The Morgan fingerprint density at radius 3 is 2.50 bits per heavy atom. The molecule has 0 aliphatic carbocycles. The third kappa shape index (κ3) is 4.37. The number of aliphatic imine (C=N–C) groups is 1. The number of ketones is 1. The van der Waals surface area contributed by atoms with E-state index in [-0.39, 0.29) is 16.5 Å². The van der Waals surface area contributed by atoms with Gasteiger partial charge in [-0.3, -0.25) is 19.3 Å². The summed E-state index contributed by atoms with van der Waals surface area (Å²) in [4.78, 5) is 28.0. The summed E-state index contributed by atoms with van der Waals surface area (Å²) in [6, 6.07) is 12.8. The number of hydrogen-bond donors (Lipinski definition) is 1. The topological polar surface area (TPSA) is 111 Å². The van der Waals surface area contributed by atoms with E-state index < -0.39 is 29.1 Å². The Bertz CT molecular complexity index is 1030. The summed E-state index contributed by atoms with van der Waals surface area (Å²) < 4.78 is 36.5. The molecule has 1 N–H and O–H groups in total. The predicted molar refractivity (Wildman–Crippen MR) is 101 cm³/mol. The molecular formula is C19H18N2O6S. The normalized spacial score (nSPS) is 15.5. The zero-order valence-electron chi connectivity index (χ0n) is 15.0. The maximum absolute atomic E-state index is 12.1. The summed E-state index contributed by atoms with van der Waals surface area (Å²) in [5.41, 5.74) is 0.779. The lowest BCUT2D eigenvalue weighted by atomic mass is 10.1. The summed E-state index contributed by atoms with van der Waals surface area (Å²) >= 11 is 0. The van der Waals surface area contributed by atoms with Crippen molar-refractivity contribution in [3.8, 4) is 5.75 Å². The molecule has 0 fully saturated rings. The zero-order valence-corrected chi connectivity index (χ0v) is 15.9. The Labute approximate surface area is 162 Å². The fraction of sp³-hybridized carbons (Fsp3) is 0.211. The van der Waals surface area contributed by atoms with Gasteiger partial charge in [-0.1, -0.05) is 12.1 Å². The Balaban J connectivity index is 1.56. The number of nitrogens with zero attached hydrogens (tertiary/aromatic N) is 1. The smallest absolute Gasteiger partial charge is 0.328 e. The number of hydrogen-bond acceptors (Lipinski definition) is 7. The van der Waals surface area contributed by atoms with Gasteiger partial charge in [-0.2, -0.15) is 0 Å². The minimum atomic E-state index is -3.67. The molecule has 0 unspecified atom stereocenters. The minimum absolute atomic E-state index is 0.0744. The Hall–Kier alpha value is -3.20. The van der Waals surface area contributed by atoms with Crippen molar-refractivity contribution in [1.29, 1.82) is 0 Å². The van der Waals surface area contributed by atoms with Crippen LogP contribution in [0, 0.1) is 0 Å². The molecule has 0 spiro atoms. The number of Topliss-reactive ketones (excluding diaryl/α,β-unsaturated/α-hetero) is 1. The summed E-state index contributed by atoms with van der Waals surface area (Å²) in [7, 11) is -3.67. The zero-order chi connectivity index (χ0) is 20.1. The van der Waals surface area contributed by atoms with Crippen LogP contribution in [0.2, 0.25) is 0 Å². The lowest BCUT2D eigenvalue weighted by Crippen LogP contribution is -2.24. The van der Waals surface area contributed by atoms with Crippen molar-refractivity contribution in [1.82, 2.24) is 4.72 Å². The molecule has 2 aromatic rings. The first-order chi connectivity index (χ1) is 13.4. The van der Waals surface area contributed by atoms with E-state index in [9.17, 15) is 18.0 Å². The van der Waals surface area contributed by atoms with Gasteiger partial charge in [0.15, 0.2) is 12.4 Å². The minimum Gasteiger partial charge on any atom is -0.494 e. The lowest BCUT2D eigenvalue weighted by Gasteiger charge is -2.05. The molecule has 3 rings (SSSR count). The highest BCUT2D eigenvalue weighted by atomic mass is 32.2. The van der Waals surface area contributed by atoms with Crippen molar-refractivity contribution < 1.29 is 27.5 Å². The van der Waals surface area contributed by atoms with E-state index in [1.165, 1.54) is 6.07 Å². The van der Waals surface area contributed by atoms with Crippen LogP contribution in [0.3, 0.4) is 0 Å². The van der Waals surface area contributed by atoms with E-state index in [0.717, 1.165) is 0 Å². The number of amidine groups is 1. The maximum Gasteiger partial charge on any atom is 0.328 e. The number of rotatable bonds is 7. The third-order valence-electron chi connectivity index (χ3n) is 3.88. The molecule has 1 aliphatic heterocycles. The number of ether oxygens (including phenoxy) is 2. The van der Waals surface area contributed by atoms with E-state index in [1.54, 1.807) is 42.5 Å². The Morgan fingerprint density at radius 2 is 1.79 bits per heavy atom. The highest BCUT2D eigenvalue weighted by molar-refractivity contribution is 7.90. The molecule has 0 bridgehead atoms. The monoisotopic (exact) mass is 402 g/mol. The molecule has 1 heterocycles. The van der Waals surface area contributed by atoms with Gasteiger partial charge in [-0.25, -0.2) is 8.42 Å². The molecule has 8 nitrogen and oxygen atoms in total. The summed E-state index contributed by atoms with van der Waals surface area (Å²) in [6.45, 7) is 1.54. The standard InChI is InChI=1S/C19H18N2O6S/c1-2-26-14-9-7-13(8-10-14)16(22)12-27-18(23)11-20-19-15-5-3-4-6-17(15)28(24,25)21-19/h3-10H,2,11-12H2,1H3,(H,20,21). The number of sulfonamides is 1. The van der Waals surface area contributed by atoms with Crippen LogP contribution in [0.15, 0.2) is 58.4 Å². The van der Waals surface area contributed by atoms with Gasteiger partial charge in [0, 0.05) is 11.1 Å². The average Bonchev–Trinajstić information content (AvgIpc) is 2.96. The van der Waals surface area contributed by atoms with E-state index in [0.29, 0.717) is 23.5 Å². The molecule has 146 valence electrons. The second-order valence-electron chi connectivity index (χ2n) is 5.81. The number of nitrogens with one attached hydrogen (secondary N) is 1. The van der Waals surface area contributed by atoms with Gasteiger partial charge >= 0.3 is 5.97 Å². The quantitative estimate of drug-likeness (QED) is 0.556. The largest absolute Gasteiger partial charge is 0.494 e. The Kier molecular flexibility index (Phi) is 5.74. The molecule has 9 heteroatoms. The number of esters is 1. The van der Waals surface area contributed by atoms with E-state index >= 15 is 0 Å². The van der Waals surface area contributed by atoms with Gasteiger partial charge in [0.25, 0.3) is 10.0 Å². The van der Waals surface area contributed by atoms with E-state index in [4.69, 9.17) is 9.47 Å². The summed E-state index contributed by atoms with van der Waals surface area (Å²) in [6.07, 6.45) is 0. The average molecular weight is 402 g/mol. The van der Waals surface area contributed by atoms with Crippen LogP contribution >= 0.6 is 0 Å². The molecular weight excluding hydrogens is 384 g/mol. The van der Waals surface area contributed by atoms with Crippen LogP contribution in [0.4, 0.5) is 0 Å². The molecule has 0 saturated heterocycles. The van der Waals surface area contributed by atoms with Crippen molar-refractivity contribution in [3.05, 3.63) is 59.7 Å². The van der Waals surface area contributed by atoms with Crippen molar-refractivity contribution in [3.63, 3.8) is 0 Å². The van der Waals surface area contributed by atoms with Crippen molar-refractivity contribution in [2.24, 2.45) is 4.99 Å². The fourth-order valence-electron chi connectivity index (χ4n) is 2.57. The lowest BCUT2D eigenvalue weighted by molar-refractivity contribution is -0.140. The second kappa shape index (κ2) is 8.22. The van der Waals surface area contributed by atoms with Gasteiger partial charge in [-0.15, -0.1) is 0 Å². The van der Waals surface area contributed by atoms with Crippen LogP contribution in [0.1, 0.15) is 22.8 Å². The number of carbonyl (C=O) groups is 2. The molecule has 0 atom stereocenters. The van der Waals surface area contributed by atoms with Crippen LogP contribution in [-0.2, 0) is 19.6 Å². The molecule has 1 aliphatic rings. The van der Waals surface area contributed by atoms with E-state index in [1.807, 2.05) is 6.92 Å². The second-order valence-corrected chi connectivity index (χ2v) is 7.46.